The molecule has 1 aromatic rings. The first-order valence-corrected chi connectivity index (χ1v) is 10.8. The van der Waals surface area contributed by atoms with Crippen LogP contribution in [0.15, 0.2) is 18.3 Å². The minimum absolute atomic E-state index is 0.0209. The van der Waals surface area contributed by atoms with Crippen molar-refractivity contribution in [3.63, 3.8) is 0 Å². The average molecular weight is 453 g/mol. The predicted octanol–water partition coefficient (Wildman–Crippen LogP) is 2.25. The van der Waals surface area contributed by atoms with Crippen LogP contribution < -0.4 is 10.2 Å². The molecular formula is C21H26F3N5O3. The lowest BCUT2D eigenvalue weighted by atomic mass is 9.73. The Hall–Kier alpha value is -2.85. The molecule has 4 rings (SSSR count). The zero-order valence-corrected chi connectivity index (χ0v) is 17.8. The van der Waals surface area contributed by atoms with Crippen molar-refractivity contribution in [1.82, 2.24) is 20.1 Å². The molecule has 1 saturated carbocycles. The summed E-state index contributed by atoms with van der Waals surface area (Å²) < 4.78 is 38.1. The molecule has 3 fully saturated rings. The number of carbonyl (C=O) groups excluding carboxylic acids is 3. The van der Waals surface area contributed by atoms with E-state index in [1.165, 1.54) is 6.07 Å². The molecule has 2 atom stereocenters. The van der Waals surface area contributed by atoms with Gasteiger partial charge in [0.25, 0.3) is 5.91 Å². The first-order valence-electron chi connectivity index (χ1n) is 10.8. The van der Waals surface area contributed by atoms with E-state index in [4.69, 9.17) is 0 Å². The fraction of sp³-hybridized carbons (Fsp3) is 0.619. The number of imide groups is 1. The Balaban J connectivity index is 1.34. The van der Waals surface area contributed by atoms with Gasteiger partial charge in [0, 0.05) is 32.4 Å². The summed E-state index contributed by atoms with van der Waals surface area (Å²) in [7, 11) is 0. The first kappa shape index (κ1) is 22.3. The van der Waals surface area contributed by atoms with Crippen LogP contribution in [0.1, 0.15) is 38.2 Å². The SMILES string of the molecule is CC1CCCCC12NC(=O)N(CC(=O)N1CCN(c3ccc(C(F)(F)F)cn3)CC1)C2=O. The molecule has 0 aromatic carbocycles. The second-order valence-corrected chi connectivity index (χ2v) is 8.71. The molecule has 2 unspecified atom stereocenters. The molecule has 3 heterocycles. The highest BCUT2D eigenvalue weighted by Crippen LogP contribution is 2.38. The molecule has 0 bridgehead atoms. The van der Waals surface area contributed by atoms with Crippen LogP contribution in [0.5, 0.6) is 0 Å². The molecule has 2 saturated heterocycles. The highest BCUT2D eigenvalue weighted by molar-refractivity contribution is 6.09. The third-order valence-corrected chi connectivity index (χ3v) is 6.83. The fourth-order valence-electron chi connectivity index (χ4n) is 4.80. The van der Waals surface area contributed by atoms with Crippen LogP contribution in [0.25, 0.3) is 0 Å². The number of amides is 4. The molecule has 0 radical (unpaired) electrons. The van der Waals surface area contributed by atoms with Crippen molar-refractivity contribution in [3.8, 4) is 0 Å². The number of hydrogen-bond donors (Lipinski definition) is 1. The number of urea groups is 1. The van der Waals surface area contributed by atoms with E-state index in [9.17, 15) is 27.6 Å². The summed E-state index contributed by atoms with van der Waals surface area (Å²) in [5, 5.41) is 2.84. The van der Waals surface area contributed by atoms with Gasteiger partial charge in [0.15, 0.2) is 0 Å². The molecule has 1 N–H and O–H groups in total. The van der Waals surface area contributed by atoms with Gasteiger partial charge in [-0.05, 0) is 30.9 Å². The Morgan fingerprint density at radius 1 is 1.19 bits per heavy atom. The zero-order valence-electron chi connectivity index (χ0n) is 17.8. The molecule has 174 valence electrons. The van der Waals surface area contributed by atoms with Crippen molar-refractivity contribution in [2.24, 2.45) is 5.92 Å². The van der Waals surface area contributed by atoms with Crippen LogP contribution >= 0.6 is 0 Å². The lowest BCUT2D eigenvalue weighted by Gasteiger charge is -2.37. The summed E-state index contributed by atoms with van der Waals surface area (Å²) in [4.78, 5) is 46.6. The van der Waals surface area contributed by atoms with E-state index in [1.54, 1.807) is 9.80 Å². The van der Waals surface area contributed by atoms with E-state index < -0.39 is 23.3 Å². The van der Waals surface area contributed by atoms with Gasteiger partial charge in [0.2, 0.25) is 5.91 Å². The van der Waals surface area contributed by atoms with Gasteiger partial charge in [-0.1, -0.05) is 19.8 Å². The van der Waals surface area contributed by atoms with Crippen LogP contribution in [-0.2, 0) is 15.8 Å². The number of alkyl halides is 3. The molecule has 32 heavy (non-hydrogen) atoms. The van der Waals surface area contributed by atoms with E-state index in [1.807, 2.05) is 6.92 Å². The van der Waals surface area contributed by atoms with E-state index in [0.717, 1.165) is 36.4 Å². The standard InChI is InChI=1S/C21H26F3N5O3/c1-14-4-2-3-7-20(14)18(31)29(19(32)26-20)13-17(30)28-10-8-27(9-11-28)16-6-5-15(12-25-16)21(22,23)24/h5-6,12,14H,2-4,7-11,13H2,1H3,(H,26,32). The summed E-state index contributed by atoms with van der Waals surface area (Å²) >= 11 is 0. The Morgan fingerprint density at radius 2 is 1.91 bits per heavy atom. The van der Waals surface area contributed by atoms with Crippen LogP contribution in [0.2, 0.25) is 0 Å². The van der Waals surface area contributed by atoms with Crippen LogP contribution in [-0.4, -0.2) is 70.9 Å². The third-order valence-electron chi connectivity index (χ3n) is 6.83. The summed E-state index contributed by atoms with van der Waals surface area (Å²) in [5.74, 6) is -0.218. The number of pyridine rings is 1. The lowest BCUT2D eigenvalue weighted by molar-refractivity contribution is -0.140. The third kappa shape index (κ3) is 4.00. The van der Waals surface area contributed by atoms with E-state index in [0.29, 0.717) is 38.4 Å². The number of rotatable bonds is 3. The van der Waals surface area contributed by atoms with Crippen molar-refractivity contribution in [3.05, 3.63) is 23.9 Å². The molecule has 2 aliphatic heterocycles. The summed E-state index contributed by atoms with van der Waals surface area (Å²) in [6.07, 6.45) is -0.326. The monoisotopic (exact) mass is 453 g/mol. The number of piperazine rings is 1. The maximum absolute atomic E-state index is 13.0. The first-order chi connectivity index (χ1) is 15.1. The lowest BCUT2D eigenvalue weighted by Crippen LogP contribution is -2.55. The summed E-state index contributed by atoms with van der Waals surface area (Å²) in [6.45, 7) is 3.09. The van der Waals surface area contributed by atoms with Crippen LogP contribution in [0, 0.1) is 5.92 Å². The maximum atomic E-state index is 13.0. The van der Waals surface area contributed by atoms with Crippen molar-refractivity contribution in [1.29, 1.82) is 0 Å². The van der Waals surface area contributed by atoms with Gasteiger partial charge in [0.05, 0.1) is 5.56 Å². The fourth-order valence-corrected chi connectivity index (χ4v) is 4.80. The van der Waals surface area contributed by atoms with Gasteiger partial charge in [-0.25, -0.2) is 9.78 Å². The second kappa shape index (κ2) is 8.25. The number of nitrogens with one attached hydrogen (secondary N) is 1. The van der Waals surface area contributed by atoms with E-state index >= 15 is 0 Å². The maximum Gasteiger partial charge on any atom is 0.417 e. The number of aromatic nitrogens is 1. The number of hydrogen-bond acceptors (Lipinski definition) is 5. The van der Waals surface area contributed by atoms with Gasteiger partial charge in [-0.15, -0.1) is 0 Å². The van der Waals surface area contributed by atoms with Gasteiger partial charge in [-0.3, -0.25) is 14.5 Å². The second-order valence-electron chi connectivity index (χ2n) is 8.71. The Labute approximate surface area is 183 Å². The average Bonchev–Trinajstić information content (AvgIpc) is 3.00. The molecule has 8 nitrogen and oxygen atoms in total. The predicted molar refractivity (Wildman–Crippen MR) is 109 cm³/mol. The van der Waals surface area contributed by atoms with Crippen molar-refractivity contribution >= 4 is 23.7 Å². The van der Waals surface area contributed by atoms with Gasteiger partial charge < -0.3 is 15.1 Å². The quantitative estimate of drug-likeness (QED) is 0.710. The Bertz CT molecular complexity index is 899. The smallest absolute Gasteiger partial charge is 0.353 e. The Kier molecular flexibility index (Phi) is 5.76. The minimum atomic E-state index is -4.44. The van der Waals surface area contributed by atoms with Crippen LogP contribution in [0.4, 0.5) is 23.8 Å². The topological polar surface area (TPSA) is 85.8 Å². The molecule has 1 aliphatic carbocycles. The number of nitrogens with zero attached hydrogens (tertiary/aromatic N) is 4. The minimum Gasteiger partial charge on any atom is -0.353 e. The molecule has 1 spiro atoms. The van der Waals surface area contributed by atoms with E-state index in [-0.39, 0.29) is 24.3 Å². The van der Waals surface area contributed by atoms with Crippen molar-refractivity contribution in [2.75, 3.05) is 37.6 Å². The molecule has 1 aromatic heterocycles. The highest BCUT2D eigenvalue weighted by Gasteiger charge is 2.55. The van der Waals surface area contributed by atoms with Gasteiger partial charge >= 0.3 is 12.2 Å². The highest BCUT2D eigenvalue weighted by atomic mass is 19.4. The Morgan fingerprint density at radius 3 is 2.50 bits per heavy atom. The number of halogens is 3. The van der Waals surface area contributed by atoms with Crippen molar-refractivity contribution < 1.29 is 27.6 Å². The normalized spacial score (nSPS) is 26.6. The van der Waals surface area contributed by atoms with Gasteiger partial charge in [-0.2, -0.15) is 13.2 Å². The van der Waals surface area contributed by atoms with E-state index in [2.05, 4.69) is 10.3 Å². The van der Waals surface area contributed by atoms with Crippen LogP contribution in [0.3, 0.4) is 0 Å². The molecule has 3 aliphatic rings. The largest absolute Gasteiger partial charge is 0.417 e. The molecular weight excluding hydrogens is 427 g/mol. The van der Waals surface area contributed by atoms with Crippen molar-refractivity contribution in [2.45, 2.75) is 44.3 Å². The summed E-state index contributed by atoms with van der Waals surface area (Å²) in [5.41, 5.74) is -1.71. The number of anilines is 1. The zero-order chi connectivity index (χ0) is 23.1. The molecule has 11 heteroatoms. The molecule has 4 amide bonds. The van der Waals surface area contributed by atoms with Gasteiger partial charge in [0.1, 0.15) is 17.9 Å². The number of carbonyl (C=O) groups is 3. The summed E-state index contributed by atoms with van der Waals surface area (Å²) in [6, 6.07) is 1.78.